The van der Waals surface area contributed by atoms with Crippen LogP contribution in [0.1, 0.15) is 19.8 Å². The van der Waals surface area contributed by atoms with Crippen LogP contribution < -0.4 is 5.32 Å². The number of carbonyl (C=O) groups excluding carboxylic acids is 1. The fourth-order valence-electron chi connectivity index (χ4n) is 2.55. The molecule has 22 heavy (non-hydrogen) atoms. The lowest BCUT2D eigenvalue weighted by molar-refractivity contribution is -0.144. The summed E-state index contributed by atoms with van der Waals surface area (Å²) in [7, 11) is 0. The molecule has 0 bridgehead atoms. The highest BCUT2D eigenvalue weighted by molar-refractivity contribution is 6.36. The molecule has 0 aromatic heterocycles. The van der Waals surface area contributed by atoms with Gasteiger partial charge in [0.15, 0.2) is 0 Å². The fraction of sp³-hybridized carbons (Fsp3) is 0.467. The SMILES string of the molecule is CC(C(=O)Nc1ccc(Cl)cc1Cl)N1CCCC(C(=O)O)C1. The van der Waals surface area contributed by atoms with Crippen molar-refractivity contribution in [2.45, 2.75) is 25.8 Å². The number of halogens is 2. The fourth-order valence-corrected chi connectivity index (χ4v) is 3.01. The average molecular weight is 345 g/mol. The van der Waals surface area contributed by atoms with Crippen LogP contribution in [0, 0.1) is 5.92 Å². The number of benzene rings is 1. The van der Waals surface area contributed by atoms with Gasteiger partial charge in [0, 0.05) is 11.6 Å². The molecular weight excluding hydrogens is 327 g/mol. The lowest BCUT2D eigenvalue weighted by atomic mass is 9.97. The van der Waals surface area contributed by atoms with Crippen LogP contribution in [0.15, 0.2) is 18.2 Å². The van der Waals surface area contributed by atoms with Crippen LogP contribution in [0.4, 0.5) is 5.69 Å². The minimum Gasteiger partial charge on any atom is -0.481 e. The first kappa shape index (κ1) is 17.1. The van der Waals surface area contributed by atoms with E-state index in [1.165, 1.54) is 0 Å². The maximum Gasteiger partial charge on any atom is 0.307 e. The first-order valence-corrected chi connectivity index (χ1v) is 7.87. The Kier molecular flexibility index (Phi) is 5.67. The van der Waals surface area contributed by atoms with Crippen LogP contribution in [-0.2, 0) is 9.59 Å². The molecule has 0 radical (unpaired) electrons. The zero-order valence-corrected chi connectivity index (χ0v) is 13.7. The van der Waals surface area contributed by atoms with E-state index in [4.69, 9.17) is 28.3 Å². The molecule has 7 heteroatoms. The summed E-state index contributed by atoms with van der Waals surface area (Å²) < 4.78 is 0. The van der Waals surface area contributed by atoms with Gasteiger partial charge in [-0.05, 0) is 44.5 Å². The minimum atomic E-state index is -0.807. The molecule has 1 aliphatic rings. The van der Waals surface area contributed by atoms with Crippen molar-refractivity contribution in [2.75, 3.05) is 18.4 Å². The van der Waals surface area contributed by atoms with Crippen molar-refractivity contribution in [3.63, 3.8) is 0 Å². The Labute approximate surface area is 139 Å². The van der Waals surface area contributed by atoms with Gasteiger partial charge in [-0.2, -0.15) is 0 Å². The Hall–Kier alpha value is -1.30. The van der Waals surface area contributed by atoms with Gasteiger partial charge in [0.1, 0.15) is 0 Å². The Bertz CT molecular complexity index is 580. The number of nitrogens with one attached hydrogen (secondary N) is 1. The molecule has 5 nitrogen and oxygen atoms in total. The number of anilines is 1. The third-order valence-electron chi connectivity index (χ3n) is 3.92. The zero-order valence-electron chi connectivity index (χ0n) is 12.2. The second kappa shape index (κ2) is 7.31. The minimum absolute atomic E-state index is 0.213. The Balaban J connectivity index is 2.01. The monoisotopic (exact) mass is 344 g/mol. The number of piperidine rings is 1. The summed E-state index contributed by atoms with van der Waals surface area (Å²) in [4.78, 5) is 25.3. The quantitative estimate of drug-likeness (QED) is 0.880. The lowest BCUT2D eigenvalue weighted by Crippen LogP contribution is -2.48. The van der Waals surface area contributed by atoms with Crippen LogP contribution in [0.25, 0.3) is 0 Å². The summed E-state index contributed by atoms with van der Waals surface area (Å²) in [6.45, 7) is 2.87. The molecule has 2 rings (SSSR count). The van der Waals surface area contributed by atoms with Gasteiger partial charge in [-0.1, -0.05) is 23.2 Å². The van der Waals surface area contributed by atoms with Crippen molar-refractivity contribution in [1.82, 2.24) is 4.90 Å². The molecule has 1 aliphatic heterocycles. The number of nitrogens with zero attached hydrogens (tertiary/aromatic N) is 1. The summed E-state index contributed by atoms with van der Waals surface area (Å²) in [5.41, 5.74) is 0.495. The van der Waals surface area contributed by atoms with Gasteiger partial charge in [0.25, 0.3) is 0 Å². The summed E-state index contributed by atoms with van der Waals surface area (Å²) in [6.07, 6.45) is 1.43. The smallest absolute Gasteiger partial charge is 0.307 e. The number of aliphatic carboxylic acids is 1. The van der Waals surface area contributed by atoms with Crippen molar-refractivity contribution in [3.8, 4) is 0 Å². The van der Waals surface area contributed by atoms with Crippen molar-refractivity contribution < 1.29 is 14.7 Å². The number of carboxylic acid groups (broad SMARTS) is 1. The van der Waals surface area contributed by atoms with Crippen LogP contribution in [-0.4, -0.2) is 41.0 Å². The van der Waals surface area contributed by atoms with Gasteiger partial charge in [-0.3, -0.25) is 14.5 Å². The van der Waals surface area contributed by atoms with Crippen LogP contribution in [0.3, 0.4) is 0 Å². The molecule has 0 spiro atoms. The van der Waals surface area contributed by atoms with Crippen molar-refractivity contribution in [2.24, 2.45) is 5.92 Å². The number of carboxylic acids is 1. The molecule has 1 heterocycles. The Morgan fingerprint density at radius 3 is 2.77 bits per heavy atom. The zero-order chi connectivity index (χ0) is 16.3. The Morgan fingerprint density at radius 1 is 1.41 bits per heavy atom. The average Bonchev–Trinajstić information content (AvgIpc) is 2.49. The van der Waals surface area contributed by atoms with Gasteiger partial charge >= 0.3 is 5.97 Å². The number of carbonyl (C=O) groups is 2. The molecule has 1 fully saturated rings. The van der Waals surface area contributed by atoms with E-state index in [1.54, 1.807) is 25.1 Å². The van der Waals surface area contributed by atoms with Crippen molar-refractivity contribution >= 4 is 40.8 Å². The maximum absolute atomic E-state index is 12.3. The van der Waals surface area contributed by atoms with Crippen molar-refractivity contribution in [3.05, 3.63) is 28.2 Å². The van der Waals surface area contributed by atoms with Gasteiger partial charge in [0.2, 0.25) is 5.91 Å². The normalized spacial score (nSPS) is 20.4. The number of hydrogen-bond acceptors (Lipinski definition) is 3. The Morgan fingerprint density at radius 2 is 2.14 bits per heavy atom. The highest BCUT2D eigenvalue weighted by Gasteiger charge is 2.30. The highest BCUT2D eigenvalue weighted by atomic mass is 35.5. The van der Waals surface area contributed by atoms with Crippen LogP contribution in [0.5, 0.6) is 0 Å². The molecule has 1 amide bonds. The maximum atomic E-state index is 12.3. The van der Waals surface area contributed by atoms with Gasteiger partial charge in [0.05, 0.1) is 22.7 Å². The highest BCUT2D eigenvalue weighted by Crippen LogP contribution is 2.26. The first-order chi connectivity index (χ1) is 10.4. The van der Waals surface area contributed by atoms with Gasteiger partial charge < -0.3 is 10.4 Å². The molecule has 0 aliphatic carbocycles. The van der Waals surface area contributed by atoms with E-state index in [2.05, 4.69) is 5.32 Å². The summed E-state index contributed by atoms with van der Waals surface area (Å²) in [5.74, 6) is -1.43. The lowest BCUT2D eigenvalue weighted by Gasteiger charge is -2.34. The standard InChI is InChI=1S/C15H18Cl2N2O3/c1-9(19-6-2-3-10(8-19)15(21)22)14(20)18-13-5-4-11(16)7-12(13)17/h4-5,7,9-10H,2-3,6,8H2,1H3,(H,18,20)(H,21,22). The predicted octanol–water partition coefficient (Wildman–Crippen LogP) is 3.12. The van der Waals surface area contributed by atoms with E-state index in [1.807, 2.05) is 4.90 Å². The van der Waals surface area contributed by atoms with E-state index < -0.39 is 17.9 Å². The van der Waals surface area contributed by atoms with Crippen molar-refractivity contribution in [1.29, 1.82) is 0 Å². The third kappa shape index (κ3) is 4.12. The predicted molar refractivity (Wildman–Crippen MR) is 86.5 cm³/mol. The number of amides is 1. The molecule has 120 valence electrons. The molecule has 2 atom stereocenters. The first-order valence-electron chi connectivity index (χ1n) is 7.11. The second-order valence-corrected chi connectivity index (χ2v) is 6.31. The second-order valence-electron chi connectivity index (χ2n) is 5.46. The topological polar surface area (TPSA) is 69.6 Å². The molecule has 1 saturated heterocycles. The summed E-state index contributed by atoms with van der Waals surface area (Å²) in [5, 5.41) is 12.7. The van der Waals surface area contributed by atoms with E-state index in [0.29, 0.717) is 35.2 Å². The molecule has 1 aromatic carbocycles. The van der Waals surface area contributed by atoms with E-state index in [9.17, 15) is 9.59 Å². The van der Waals surface area contributed by atoms with E-state index in [0.717, 1.165) is 6.42 Å². The molecule has 2 unspecified atom stereocenters. The summed E-state index contributed by atoms with van der Waals surface area (Å²) in [6, 6.07) is 4.43. The molecule has 0 saturated carbocycles. The summed E-state index contributed by atoms with van der Waals surface area (Å²) >= 11 is 11.9. The molecule has 2 N–H and O–H groups in total. The number of rotatable bonds is 4. The van der Waals surface area contributed by atoms with Crippen LogP contribution >= 0.6 is 23.2 Å². The van der Waals surface area contributed by atoms with E-state index >= 15 is 0 Å². The molecular formula is C15H18Cl2N2O3. The molecule has 1 aromatic rings. The van der Waals surface area contributed by atoms with E-state index in [-0.39, 0.29) is 5.91 Å². The third-order valence-corrected chi connectivity index (χ3v) is 4.47. The van der Waals surface area contributed by atoms with Crippen LogP contribution in [0.2, 0.25) is 10.0 Å². The van der Waals surface area contributed by atoms with Gasteiger partial charge in [-0.15, -0.1) is 0 Å². The van der Waals surface area contributed by atoms with Gasteiger partial charge in [-0.25, -0.2) is 0 Å². The largest absolute Gasteiger partial charge is 0.481 e. The number of likely N-dealkylation sites (tertiary alicyclic amines) is 1. The number of hydrogen-bond donors (Lipinski definition) is 2.